The van der Waals surface area contributed by atoms with E-state index >= 15 is 0 Å². The molecule has 0 saturated heterocycles. The number of hydrogen-bond donors (Lipinski definition) is 1. The molecule has 0 atom stereocenters. The Kier molecular flexibility index (Phi) is 5.16. The number of nitrogens with one attached hydrogen (secondary N) is 1. The maximum absolute atomic E-state index is 14.4. The van der Waals surface area contributed by atoms with E-state index in [0.717, 1.165) is 5.56 Å². The van der Waals surface area contributed by atoms with Gasteiger partial charge in [0.25, 0.3) is 5.56 Å². The van der Waals surface area contributed by atoms with Gasteiger partial charge in [-0.1, -0.05) is 26.0 Å². The Morgan fingerprint density at radius 2 is 1.93 bits per heavy atom. The zero-order chi connectivity index (χ0) is 19.9. The van der Waals surface area contributed by atoms with Crippen LogP contribution in [0.2, 0.25) is 0 Å². The largest absolute Gasteiger partial charge is 0.313 e. The summed E-state index contributed by atoms with van der Waals surface area (Å²) >= 11 is 0. The summed E-state index contributed by atoms with van der Waals surface area (Å²) in [6.45, 7) is 5.57. The predicted molar refractivity (Wildman–Crippen MR) is 105 cm³/mol. The van der Waals surface area contributed by atoms with E-state index in [0.29, 0.717) is 35.3 Å². The Morgan fingerprint density at radius 3 is 2.48 bits per heavy atom. The molecule has 146 valence electrons. The van der Waals surface area contributed by atoms with Crippen LogP contribution < -0.4 is 10.3 Å². The molecule has 1 aromatic carbocycles. The lowest BCUT2D eigenvalue weighted by atomic mass is 10.0. The van der Waals surface area contributed by atoms with E-state index in [1.165, 1.54) is 10.6 Å². The highest BCUT2D eigenvalue weighted by atomic mass is 32.2. The van der Waals surface area contributed by atoms with E-state index in [4.69, 9.17) is 0 Å². The number of nitrogens with zero attached hydrogens (tertiary/aromatic N) is 1. The van der Waals surface area contributed by atoms with Crippen LogP contribution in [-0.4, -0.2) is 18.2 Å². The first-order valence-corrected chi connectivity index (χ1v) is 10.6. The van der Waals surface area contributed by atoms with Crippen LogP contribution in [0.1, 0.15) is 55.0 Å². The van der Waals surface area contributed by atoms with Crippen LogP contribution in [0, 0.1) is 12.7 Å². The third-order valence-corrected chi connectivity index (χ3v) is 6.82. The zero-order valence-corrected chi connectivity index (χ0v) is 16.9. The summed E-state index contributed by atoms with van der Waals surface area (Å²) in [4.78, 5) is 12.7. The molecule has 0 amide bonds. The normalized spacial score (nSPS) is 14.6. The van der Waals surface area contributed by atoms with Crippen molar-refractivity contribution in [3.05, 3.63) is 62.8 Å². The number of aromatic nitrogens is 1. The van der Waals surface area contributed by atoms with Gasteiger partial charge in [-0.05, 0) is 48.9 Å². The maximum Gasteiger partial charge on any atom is 0.254 e. The number of anilines is 1. The fourth-order valence-electron chi connectivity index (χ4n) is 3.10. The molecule has 1 saturated carbocycles. The van der Waals surface area contributed by atoms with Gasteiger partial charge in [-0.15, -0.1) is 0 Å². The Balaban J connectivity index is 2.12. The van der Waals surface area contributed by atoms with Gasteiger partial charge in [0.2, 0.25) is 10.0 Å². The molecule has 0 radical (unpaired) electrons. The van der Waals surface area contributed by atoms with Crippen molar-refractivity contribution in [1.82, 2.24) is 4.57 Å². The van der Waals surface area contributed by atoms with Gasteiger partial charge in [0.15, 0.2) is 0 Å². The Hall–Kier alpha value is -2.15. The molecule has 1 aliphatic carbocycles. The van der Waals surface area contributed by atoms with Gasteiger partial charge in [-0.3, -0.25) is 9.52 Å². The molecule has 1 heterocycles. The molecule has 2 aromatic rings. The van der Waals surface area contributed by atoms with Gasteiger partial charge in [-0.25, -0.2) is 12.8 Å². The highest BCUT2D eigenvalue weighted by Crippen LogP contribution is 2.31. The number of benzene rings is 1. The van der Waals surface area contributed by atoms with Crippen LogP contribution in [0.4, 0.5) is 10.1 Å². The summed E-state index contributed by atoms with van der Waals surface area (Å²) in [5.74, 6) is -0.426. The molecule has 0 bridgehead atoms. The van der Waals surface area contributed by atoms with Gasteiger partial charge in [-0.2, -0.15) is 0 Å². The number of halogens is 1. The molecule has 7 heteroatoms. The van der Waals surface area contributed by atoms with Gasteiger partial charge >= 0.3 is 0 Å². The number of pyridine rings is 1. The smallest absolute Gasteiger partial charge is 0.254 e. The van der Waals surface area contributed by atoms with Crippen molar-refractivity contribution in [3.63, 3.8) is 0 Å². The molecule has 0 spiro atoms. The van der Waals surface area contributed by atoms with Crippen molar-refractivity contribution >= 4 is 15.7 Å². The van der Waals surface area contributed by atoms with Crippen LogP contribution in [0.3, 0.4) is 0 Å². The number of rotatable bonds is 6. The van der Waals surface area contributed by atoms with Crippen molar-refractivity contribution in [2.45, 2.75) is 51.2 Å². The van der Waals surface area contributed by atoms with Crippen LogP contribution in [-0.2, 0) is 23.5 Å². The van der Waals surface area contributed by atoms with Crippen LogP contribution in [0.15, 0.2) is 29.1 Å². The van der Waals surface area contributed by atoms with E-state index in [-0.39, 0.29) is 29.0 Å². The van der Waals surface area contributed by atoms with Crippen molar-refractivity contribution in [2.24, 2.45) is 7.05 Å². The average molecular weight is 392 g/mol. The van der Waals surface area contributed by atoms with Crippen molar-refractivity contribution in [3.8, 4) is 0 Å². The van der Waals surface area contributed by atoms with Gasteiger partial charge in [0, 0.05) is 24.7 Å². The lowest BCUT2D eigenvalue weighted by Crippen LogP contribution is -2.28. The minimum atomic E-state index is -3.50. The summed E-state index contributed by atoms with van der Waals surface area (Å²) in [5.41, 5.74) is 2.36. The third kappa shape index (κ3) is 4.08. The SMILES string of the molecule is Cc1ccc(Cc2c(NS(=O)(=O)C3CC3)cc(C(C)C)c(=O)n2C)c(F)c1. The highest BCUT2D eigenvalue weighted by molar-refractivity contribution is 7.93. The molecule has 5 nitrogen and oxygen atoms in total. The molecule has 1 N–H and O–H groups in total. The number of sulfonamides is 1. The van der Waals surface area contributed by atoms with Gasteiger partial charge in [0.1, 0.15) is 5.82 Å². The first-order valence-electron chi connectivity index (χ1n) is 9.09. The van der Waals surface area contributed by atoms with Gasteiger partial charge < -0.3 is 4.57 Å². The van der Waals surface area contributed by atoms with Crippen molar-refractivity contribution < 1.29 is 12.8 Å². The summed E-state index contributed by atoms with van der Waals surface area (Å²) in [7, 11) is -1.90. The number of hydrogen-bond acceptors (Lipinski definition) is 3. The summed E-state index contributed by atoms with van der Waals surface area (Å²) in [6.07, 6.45) is 1.40. The van der Waals surface area contributed by atoms with Crippen LogP contribution in [0.25, 0.3) is 0 Å². The minimum Gasteiger partial charge on any atom is -0.313 e. The second kappa shape index (κ2) is 7.11. The minimum absolute atomic E-state index is 0.0574. The lowest BCUT2D eigenvalue weighted by molar-refractivity contribution is 0.599. The topological polar surface area (TPSA) is 68.2 Å². The quantitative estimate of drug-likeness (QED) is 0.819. The molecule has 0 aliphatic heterocycles. The lowest BCUT2D eigenvalue weighted by Gasteiger charge is -2.19. The molecular formula is C20H25FN2O3S. The molecule has 1 aliphatic rings. The Bertz CT molecular complexity index is 1040. The second-order valence-corrected chi connectivity index (χ2v) is 9.56. The second-order valence-electron chi connectivity index (χ2n) is 7.60. The van der Waals surface area contributed by atoms with E-state index in [1.54, 1.807) is 32.2 Å². The van der Waals surface area contributed by atoms with E-state index in [9.17, 15) is 17.6 Å². The zero-order valence-electron chi connectivity index (χ0n) is 16.0. The van der Waals surface area contributed by atoms with E-state index < -0.39 is 10.0 Å². The molecule has 27 heavy (non-hydrogen) atoms. The Labute approximate surface area is 159 Å². The Morgan fingerprint density at radius 1 is 1.26 bits per heavy atom. The first-order chi connectivity index (χ1) is 12.6. The molecule has 1 aromatic heterocycles. The summed E-state index contributed by atoms with van der Waals surface area (Å²) in [5, 5.41) is -0.388. The molecule has 3 rings (SSSR count). The molecule has 1 fully saturated rings. The fraction of sp³-hybridized carbons (Fsp3) is 0.450. The van der Waals surface area contributed by atoms with Crippen molar-refractivity contribution in [1.29, 1.82) is 0 Å². The van der Waals surface area contributed by atoms with Gasteiger partial charge in [0.05, 0.1) is 10.9 Å². The third-order valence-electron chi connectivity index (χ3n) is 4.97. The summed E-state index contributed by atoms with van der Waals surface area (Å²) < 4.78 is 43.4. The van der Waals surface area contributed by atoms with E-state index in [1.807, 2.05) is 13.8 Å². The van der Waals surface area contributed by atoms with Crippen LogP contribution >= 0.6 is 0 Å². The molecular weight excluding hydrogens is 367 g/mol. The monoisotopic (exact) mass is 392 g/mol. The summed E-state index contributed by atoms with van der Waals surface area (Å²) in [6, 6.07) is 6.51. The number of aryl methyl sites for hydroxylation is 1. The van der Waals surface area contributed by atoms with Crippen LogP contribution in [0.5, 0.6) is 0 Å². The standard InChI is InChI=1S/C20H25FN2O3S/c1-12(2)16-11-18(22-27(25,26)15-7-8-15)19(23(4)20(16)24)10-14-6-5-13(3)9-17(14)21/h5-6,9,11-12,15,22H,7-8,10H2,1-4H3. The predicted octanol–water partition coefficient (Wildman–Crippen LogP) is 3.45. The average Bonchev–Trinajstić information content (AvgIpc) is 3.41. The van der Waals surface area contributed by atoms with E-state index in [2.05, 4.69) is 4.72 Å². The first kappa shape index (κ1) is 19.6. The fourth-order valence-corrected chi connectivity index (χ4v) is 4.51. The van der Waals surface area contributed by atoms with Crippen molar-refractivity contribution in [2.75, 3.05) is 4.72 Å². The highest BCUT2D eigenvalue weighted by Gasteiger charge is 2.36. The maximum atomic E-state index is 14.4. The molecule has 0 unspecified atom stereocenters.